The maximum absolute atomic E-state index is 12.4. The molecule has 1 amide bonds. The molecule has 0 aromatic heterocycles. The van der Waals surface area contributed by atoms with Crippen molar-refractivity contribution in [1.29, 1.82) is 0 Å². The van der Waals surface area contributed by atoms with E-state index in [2.05, 4.69) is 10.0 Å². The van der Waals surface area contributed by atoms with Gasteiger partial charge in [0.15, 0.2) is 0 Å². The Morgan fingerprint density at radius 1 is 1.24 bits per heavy atom. The van der Waals surface area contributed by atoms with Crippen LogP contribution in [0.25, 0.3) is 0 Å². The number of carbonyl (C=O) groups is 1. The van der Waals surface area contributed by atoms with E-state index < -0.39 is 15.3 Å². The van der Waals surface area contributed by atoms with Gasteiger partial charge in [0.1, 0.15) is 5.75 Å². The van der Waals surface area contributed by atoms with E-state index in [1.165, 1.54) is 7.11 Å². The van der Waals surface area contributed by atoms with Crippen molar-refractivity contribution in [2.45, 2.75) is 50.8 Å². The molecule has 1 fully saturated rings. The summed E-state index contributed by atoms with van der Waals surface area (Å²) in [6.07, 6.45) is 2.63. The zero-order valence-corrected chi connectivity index (χ0v) is 16.3. The summed E-state index contributed by atoms with van der Waals surface area (Å²) in [5.41, 5.74) is 0.624. The fraction of sp³-hybridized carbons (Fsp3) is 0.588. The van der Waals surface area contributed by atoms with Gasteiger partial charge in [-0.05, 0) is 57.7 Å². The maximum Gasteiger partial charge on any atom is 0.227 e. The number of benzene rings is 1. The van der Waals surface area contributed by atoms with Crippen LogP contribution in [0.1, 0.15) is 39.5 Å². The number of sulfonamides is 1. The summed E-state index contributed by atoms with van der Waals surface area (Å²) >= 11 is 6.06. The number of hydrogen-bond donors (Lipinski definition) is 2. The highest BCUT2D eigenvalue weighted by molar-refractivity contribution is 7.90. The number of ether oxygens (including phenoxy) is 1. The molecule has 0 heterocycles. The third-order valence-electron chi connectivity index (χ3n) is 4.47. The second kappa shape index (κ2) is 8.38. The van der Waals surface area contributed by atoms with Crippen molar-refractivity contribution in [3.8, 4) is 5.75 Å². The smallest absolute Gasteiger partial charge is 0.227 e. The molecule has 0 spiro atoms. The Bertz CT molecular complexity index is 713. The van der Waals surface area contributed by atoms with Gasteiger partial charge in [0, 0.05) is 17.6 Å². The third-order valence-corrected chi connectivity index (χ3v) is 6.67. The van der Waals surface area contributed by atoms with Gasteiger partial charge in [0.2, 0.25) is 15.9 Å². The van der Waals surface area contributed by atoms with E-state index in [1.807, 2.05) is 0 Å². The number of hydrogen-bond acceptors (Lipinski definition) is 4. The molecule has 1 aliphatic rings. The van der Waals surface area contributed by atoms with Crippen LogP contribution in [-0.2, 0) is 14.8 Å². The molecule has 1 aromatic rings. The van der Waals surface area contributed by atoms with Crippen molar-refractivity contribution in [2.75, 3.05) is 12.4 Å². The van der Waals surface area contributed by atoms with E-state index in [0.29, 0.717) is 42.1 Å². The van der Waals surface area contributed by atoms with Gasteiger partial charge in [-0.15, -0.1) is 0 Å². The molecule has 0 aliphatic heterocycles. The zero-order valence-electron chi connectivity index (χ0n) is 14.7. The van der Waals surface area contributed by atoms with Gasteiger partial charge in [-0.2, -0.15) is 0 Å². The first-order valence-electron chi connectivity index (χ1n) is 8.38. The van der Waals surface area contributed by atoms with Crippen molar-refractivity contribution in [2.24, 2.45) is 5.92 Å². The van der Waals surface area contributed by atoms with E-state index in [9.17, 15) is 13.2 Å². The maximum atomic E-state index is 12.4. The molecular weight excluding hydrogens is 364 g/mol. The van der Waals surface area contributed by atoms with Gasteiger partial charge in [0.25, 0.3) is 0 Å². The fourth-order valence-corrected chi connectivity index (χ4v) is 4.06. The zero-order chi connectivity index (χ0) is 18.6. The molecule has 0 unspecified atom stereocenters. The Balaban J connectivity index is 1.88. The van der Waals surface area contributed by atoms with Crippen molar-refractivity contribution < 1.29 is 17.9 Å². The highest BCUT2D eigenvalue weighted by atomic mass is 35.5. The lowest BCUT2D eigenvalue weighted by molar-refractivity contribution is -0.120. The predicted octanol–water partition coefficient (Wildman–Crippen LogP) is 3.17. The average Bonchev–Trinajstić information content (AvgIpc) is 2.55. The van der Waals surface area contributed by atoms with Crippen LogP contribution >= 0.6 is 11.6 Å². The van der Waals surface area contributed by atoms with E-state index in [0.717, 1.165) is 0 Å². The van der Waals surface area contributed by atoms with Crippen LogP contribution in [-0.4, -0.2) is 32.7 Å². The third kappa shape index (κ3) is 5.33. The second-order valence-electron chi connectivity index (χ2n) is 6.60. The van der Waals surface area contributed by atoms with Crippen molar-refractivity contribution in [1.82, 2.24) is 4.72 Å². The lowest BCUT2D eigenvalue weighted by Crippen LogP contribution is -2.42. The molecule has 6 nitrogen and oxygen atoms in total. The summed E-state index contributed by atoms with van der Waals surface area (Å²) in [6, 6.07) is 5.01. The molecule has 8 heteroatoms. The molecule has 1 saturated carbocycles. The minimum Gasteiger partial charge on any atom is -0.495 e. The molecule has 2 N–H and O–H groups in total. The minimum absolute atomic E-state index is 0.0635. The number of methoxy groups -OCH3 is 1. The van der Waals surface area contributed by atoms with Gasteiger partial charge >= 0.3 is 0 Å². The normalized spacial score (nSPS) is 21.2. The van der Waals surface area contributed by atoms with Crippen molar-refractivity contribution in [3.63, 3.8) is 0 Å². The van der Waals surface area contributed by atoms with Crippen LogP contribution in [0.5, 0.6) is 5.75 Å². The van der Waals surface area contributed by atoms with Crippen molar-refractivity contribution in [3.05, 3.63) is 23.2 Å². The largest absolute Gasteiger partial charge is 0.495 e. The summed E-state index contributed by atoms with van der Waals surface area (Å²) in [5, 5.41) is 2.85. The van der Waals surface area contributed by atoms with Crippen LogP contribution in [0.3, 0.4) is 0 Å². The van der Waals surface area contributed by atoms with Crippen LogP contribution in [0.2, 0.25) is 5.02 Å². The molecule has 2 rings (SSSR count). The number of halogens is 1. The lowest BCUT2D eigenvalue weighted by Gasteiger charge is -2.28. The number of anilines is 1. The number of carbonyl (C=O) groups excluding carboxylic acids is 1. The molecule has 0 radical (unpaired) electrons. The highest BCUT2D eigenvalue weighted by Crippen LogP contribution is 2.29. The molecule has 140 valence electrons. The average molecular weight is 389 g/mol. The first-order chi connectivity index (χ1) is 11.7. The Morgan fingerprint density at radius 2 is 1.88 bits per heavy atom. The molecule has 1 aromatic carbocycles. The topological polar surface area (TPSA) is 84.5 Å². The first-order valence-corrected chi connectivity index (χ1v) is 10.3. The van der Waals surface area contributed by atoms with Gasteiger partial charge in [0.05, 0.1) is 17.4 Å². The Morgan fingerprint density at radius 3 is 2.40 bits per heavy atom. The number of nitrogens with one attached hydrogen (secondary N) is 2. The molecular formula is C17H25ClN2O4S. The lowest BCUT2D eigenvalue weighted by atomic mass is 9.86. The van der Waals surface area contributed by atoms with Gasteiger partial charge in [-0.25, -0.2) is 13.1 Å². The second-order valence-corrected chi connectivity index (χ2v) is 9.27. The standard InChI is InChI=1S/C17H25ClN2O4S/c1-11(2)25(22,23)20-13-6-4-12(5-7-13)17(21)19-14-8-9-16(24-3)15(18)10-14/h8-13,20H,4-7H2,1-3H3,(H,19,21). The van der Waals surface area contributed by atoms with Crippen LogP contribution in [0.4, 0.5) is 5.69 Å². The molecule has 1 aliphatic carbocycles. The molecule has 0 atom stereocenters. The van der Waals surface area contributed by atoms with E-state index in [-0.39, 0.29) is 17.9 Å². The van der Waals surface area contributed by atoms with E-state index >= 15 is 0 Å². The van der Waals surface area contributed by atoms with Gasteiger partial charge in [-0.3, -0.25) is 4.79 Å². The molecule has 0 bridgehead atoms. The minimum atomic E-state index is -3.27. The Kier molecular flexibility index (Phi) is 6.71. The molecule has 0 saturated heterocycles. The number of rotatable bonds is 6. The first kappa shape index (κ1) is 20.0. The van der Waals surface area contributed by atoms with Gasteiger partial charge < -0.3 is 10.1 Å². The van der Waals surface area contributed by atoms with Crippen LogP contribution in [0.15, 0.2) is 18.2 Å². The van der Waals surface area contributed by atoms with Crippen molar-refractivity contribution >= 4 is 33.2 Å². The fourth-order valence-electron chi connectivity index (χ4n) is 2.83. The van der Waals surface area contributed by atoms with E-state index in [1.54, 1.807) is 32.0 Å². The predicted molar refractivity (Wildman–Crippen MR) is 99.6 cm³/mol. The van der Waals surface area contributed by atoms with Crippen LogP contribution in [0, 0.1) is 5.92 Å². The monoisotopic (exact) mass is 388 g/mol. The summed E-state index contributed by atoms with van der Waals surface area (Å²) in [6.45, 7) is 3.31. The Labute approximate surface area is 154 Å². The van der Waals surface area contributed by atoms with E-state index in [4.69, 9.17) is 16.3 Å². The summed E-state index contributed by atoms with van der Waals surface area (Å²) < 4.78 is 31.7. The summed E-state index contributed by atoms with van der Waals surface area (Å²) in [7, 11) is -1.74. The molecule has 25 heavy (non-hydrogen) atoms. The Hall–Kier alpha value is -1.31. The SMILES string of the molecule is COc1ccc(NC(=O)C2CCC(NS(=O)(=O)C(C)C)CC2)cc1Cl. The summed E-state index contributed by atoms with van der Waals surface area (Å²) in [5.74, 6) is 0.365. The quantitative estimate of drug-likeness (QED) is 0.783. The summed E-state index contributed by atoms with van der Waals surface area (Å²) in [4.78, 5) is 12.4. The number of amides is 1. The van der Waals surface area contributed by atoms with Gasteiger partial charge in [-0.1, -0.05) is 11.6 Å². The highest BCUT2D eigenvalue weighted by Gasteiger charge is 2.29. The van der Waals surface area contributed by atoms with Crippen LogP contribution < -0.4 is 14.8 Å².